The molecular weight excluding hydrogens is 242 g/mol. The highest BCUT2D eigenvalue weighted by atomic mass is 16.2. The number of fused-ring (bicyclic) bond motifs is 1. The summed E-state index contributed by atoms with van der Waals surface area (Å²) < 4.78 is 1.56. The molecular formula is C13H13N5O. The number of anilines is 1. The third-order valence-electron chi connectivity index (χ3n) is 3.20. The highest BCUT2D eigenvalue weighted by Gasteiger charge is 2.30. The molecule has 1 N–H and O–H groups in total. The van der Waals surface area contributed by atoms with Crippen LogP contribution in [0.15, 0.2) is 12.3 Å². The first-order valence-electron chi connectivity index (χ1n) is 6.31. The number of carbonyl (C=O) groups is 1. The first kappa shape index (κ1) is 11.7. The zero-order valence-corrected chi connectivity index (χ0v) is 10.6. The fourth-order valence-corrected chi connectivity index (χ4v) is 1.99. The van der Waals surface area contributed by atoms with Gasteiger partial charge in [0.15, 0.2) is 17.2 Å². The van der Waals surface area contributed by atoms with Crippen molar-refractivity contribution in [2.75, 3.05) is 5.32 Å². The molecule has 1 aliphatic rings. The second-order valence-electron chi connectivity index (χ2n) is 4.68. The summed E-state index contributed by atoms with van der Waals surface area (Å²) in [7, 11) is 0. The number of carbonyl (C=O) groups excluding carboxylic acids is 1. The molecule has 6 nitrogen and oxygen atoms in total. The van der Waals surface area contributed by atoms with E-state index in [1.165, 1.54) is 0 Å². The summed E-state index contributed by atoms with van der Waals surface area (Å²) >= 11 is 0. The summed E-state index contributed by atoms with van der Waals surface area (Å²) in [6.45, 7) is 2.00. The Morgan fingerprint density at radius 1 is 1.63 bits per heavy atom. The quantitative estimate of drug-likeness (QED) is 0.901. The maximum absolute atomic E-state index is 11.7. The zero-order chi connectivity index (χ0) is 13.4. The molecule has 0 radical (unpaired) electrons. The second kappa shape index (κ2) is 4.35. The zero-order valence-electron chi connectivity index (χ0n) is 10.6. The topological polar surface area (TPSA) is 83.1 Å². The number of aryl methyl sites for hydroxylation is 1. The minimum atomic E-state index is 0.0227. The van der Waals surface area contributed by atoms with E-state index in [2.05, 4.69) is 15.4 Å². The normalized spacial score (nSPS) is 14.3. The molecule has 1 aliphatic carbocycles. The van der Waals surface area contributed by atoms with Crippen molar-refractivity contribution in [3.8, 4) is 6.07 Å². The number of aromatic nitrogens is 3. The largest absolute Gasteiger partial charge is 0.309 e. The average Bonchev–Trinajstić information content (AvgIpc) is 3.18. The van der Waals surface area contributed by atoms with Crippen LogP contribution < -0.4 is 5.32 Å². The average molecular weight is 255 g/mol. The number of hydrogen-bond donors (Lipinski definition) is 1. The molecule has 1 saturated carbocycles. The van der Waals surface area contributed by atoms with Gasteiger partial charge < -0.3 is 5.32 Å². The lowest BCUT2D eigenvalue weighted by molar-refractivity contribution is -0.117. The minimum Gasteiger partial charge on any atom is -0.309 e. The predicted molar refractivity (Wildman–Crippen MR) is 68.4 cm³/mol. The van der Waals surface area contributed by atoms with Crippen molar-refractivity contribution in [3.05, 3.63) is 23.5 Å². The van der Waals surface area contributed by atoms with E-state index in [1.807, 2.05) is 19.1 Å². The summed E-state index contributed by atoms with van der Waals surface area (Å²) in [6.07, 6.45) is 4.25. The number of nitrogens with one attached hydrogen (secondary N) is 1. The van der Waals surface area contributed by atoms with Crippen LogP contribution in [-0.4, -0.2) is 20.5 Å². The van der Waals surface area contributed by atoms with Crippen molar-refractivity contribution in [2.45, 2.75) is 26.2 Å². The molecule has 1 fully saturated rings. The smallest absolute Gasteiger partial charge is 0.228 e. The van der Waals surface area contributed by atoms with Crippen LogP contribution in [0.1, 0.15) is 31.0 Å². The summed E-state index contributed by atoms with van der Waals surface area (Å²) in [5.74, 6) is 0.678. The fourth-order valence-electron chi connectivity index (χ4n) is 1.99. The van der Waals surface area contributed by atoms with Gasteiger partial charge in [0, 0.05) is 11.5 Å². The van der Waals surface area contributed by atoms with E-state index in [-0.39, 0.29) is 11.8 Å². The van der Waals surface area contributed by atoms with E-state index in [4.69, 9.17) is 5.26 Å². The number of imidazole rings is 1. The third kappa shape index (κ3) is 2.15. The molecule has 2 aromatic heterocycles. The summed E-state index contributed by atoms with van der Waals surface area (Å²) in [6, 6.07) is 3.82. The molecule has 0 atom stereocenters. The van der Waals surface area contributed by atoms with E-state index < -0.39 is 0 Å². The third-order valence-corrected chi connectivity index (χ3v) is 3.20. The van der Waals surface area contributed by atoms with Crippen LogP contribution >= 0.6 is 0 Å². The van der Waals surface area contributed by atoms with Gasteiger partial charge in [-0.25, -0.2) is 9.50 Å². The van der Waals surface area contributed by atoms with E-state index >= 15 is 0 Å². The number of amides is 1. The number of nitriles is 1. The molecule has 0 spiro atoms. The minimum absolute atomic E-state index is 0.0227. The van der Waals surface area contributed by atoms with Crippen LogP contribution in [0.3, 0.4) is 0 Å². The van der Waals surface area contributed by atoms with Crippen molar-refractivity contribution in [3.63, 3.8) is 0 Å². The number of hydrogen-bond acceptors (Lipinski definition) is 4. The molecule has 2 aromatic rings. The molecule has 0 unspecified atom stereocenters. The SMILES string of the molecule is CCc1cc(NC(=O)C2CC2)nn2cc(C#N)nc12. The van der Waals surface area contributed by atoms with Crippen molar-refractivity contribution in [2.24, 2.45) is 5.92 Å². The standard InChI is InChI=1S/C13H13N5O/c1-2-8-5-11(16-13(19)9-3-4-9)17-18-7-10(6-14)15-12(8)18/h5,7,9H,2-4H2,1H3,(H,16,17,19). The molecule has 2 heterocycles. The van der Waals surface area contributed by atoms with Crippen LogP contribution in [0.5, 0.6) is 0 Å². The summed E-state index contributed by atoms with van der Waals surface area (Å²) in [5, 5.41) is 16.0. The van der Waals surface area contributed by atoms with Gasteiger partial charge in [-0.05, 0) is 25.3 Å². The number of nitrogens with zero attached hydrogens (tertiary/aromatic N) is 4. The Labute approximate surface area is 110 Å². The van der Waals surface area contributed by atoms with Crippen LogP contribution in [-0.2, 0) is 11.2 Å². The maximum atomic E-state index is 11.7. The first-order valence-corrected chi connectivity index (χ1v) is 6.31. The molecule has 3 rings (SSSR count). The van der Waals surface area contributed by atoms with Gasteiger partial charge in [-0.1, -0.05) is 6.92 Å². The van der Waals surface area contributed by atoms with Gasteiger partial charge >= 0.3 is 0 Å². The predicted octanol–water partition coefficient (Wildman–Crippen LogP) is 1.51. The Balaban J connectivity index is 2.00. The molecule has 0 bridgehead atoms. The fraction of sp³-hybridized carbons (Fsp3) is 0.385. The van der Waals surface area contributed by atoms with Crippen molar-refractivity contribution >= 4 is 17.4 Å². The van der Waals surface area contributed by atoms with E-state index in [0.717, 1.165) is 24.8 Å². The van der Waals surface area contributed by atoms with Gasteiger partial charge in [0.05, 0.1) is 6.20 Å². The lowest BCUT2D eigenvalue weighted by Crippen LogP contribution is -2.15. The van der Waals surface area contributed by atoms with Gasteiger partial charge in [0.1, 0.15) is 6.07 Å². The van der Waals surface area contributed by atoms with E-state index in [9.17, 15) is 4.79 Å². The van der Waals surface area contributed by atoms with Crippen LogP contribution in [0.4, 0.5) is 5.82 Å². The van der Waals surface area contributed by atoms with Crippen molar-refractivity contribution in [1.82, 2.24) is 14.6 Å². The Bertz CT molecular complexity index is 693. The molecule has 6 heteroatoms. The number of rotatable bonds is 3. The van der Waals surface area contributed by atoms with Crippen LogP contribution in [0.2, 0.25) is 0 Å². The van der Waals surface area contributed by atoms with Gasteiger partial charge in [-0.2, -0.15) is 5.26 Å². The molecule has 0 aromatic carbocycles. The highest BCUT2D eigenvalue weighted by molar-refractivity contribution is 5.93. The highest BCUT2D eigenvalue weighted by Crippen LogP contribution is 2.30. The van der Waals surface area contributed by atoms with Gasteiger partial charge in [-0.15, -0.1) is 5.10 Å². The second-order valence-corrected chi connectivity index (χ2v) is 4.68. The summed E-state index contributed by atoms with van der Waals surface area (Å²) in [4.78, 5) is 15.9. The summed E-state index contributed by atoms with van der Waals surface area (Å²) in [5.41, 5.74) is 1.96. The lowest BCUT2D eigenvalue weighted by Gasteiger charge is -2.06. The Morgan fingerprint density at radius 3 is 3.05 bits per heavy atom. The Morgan fingerprint density at radius 2 is 2.42 bits per heavy atom. The van der Waals surface area contributed by atoms with Crippen molar-refractivity contribution < 1.29 is 4.79 Å². The monoisotopic (exact) mass is 255 g/mol. The Kier molecular flexibility index (Phi) is 2.67. The molecule has 96 valence electrons. The van der Waals surface area contributed by atoms with Crippen LogP contribution in [0.25, 0.3) is 5.65 Å². The lowest BCUT2D eigenvalue weighted by atomic mass is 10.2. The molecule has 19 heavy (non-hydrogen) atoms. The van der Waals surface area contributed by atoms with Gasteiger partial charge in [0.2, 0.25) is 5.91 Å². The van der Waals surface area contributed by atoms with Crippen molar-refractivity contribution in [1.29, 1.82) is 5.26 Å². The maximum Gasteiger partial charge on any atom is 0.228 e. The van der Waals surface area contributed by atoms with E-state index in [0.29, 0.717) is 17.2 Å². The van der Waals surface area contributed by atoms with Gasteiger partial charge in [-0.3, -0.25) is 4.79 Å². The molecule has 1 amide bonds. The molecule has 0 aliphatic heterocycles. The first-order chi connectivity index (χ1) is 9.21. The van der Waals surface area contributed by atoms with E-state index in [1.54, 1.807) is 10.7 Å². The van der Waals surface area contributed by atoms with Crippen LogP contribution in [0, 0.1) is 17.2 Å². The van der Waals surface area contributed by atoms with Gasteiger partial charge in [0.25, 0.3) is 0 Å². The molecule has 0 saturated heterocycles. The Hall–Kier alpha value is -2.42.